The van der Waals surface area contributed by atoms with E-state index in [9.17, 15) is 4.79 Å². The van der Waals surface area contributed by atoms with Crippen LogP contribution in [0.3, 0.4) is 0 Å². The fraction of sp³-hybridized carbons (Fsp3) is 0.560. The molecule has 3 rings (SSSR count). The van der Waals surface area contributed by atoms with Crippen LogP contribution in [0.1, 0.15) is 51.8 Å². The highest BCUT2D eigenvalue weighted by Gasteiger charge is 2.29. The number of aromatic nitrogens is 2. The van der Waals surface area contributed by atoms with Crippen molar-refractivity contribution in [1.82, 2.24) is 9.97 Å². The second kappa shape index (κ2) is 10.6. The maximum absolute atomic E-state index is 12.6. The normalized spacial score (nSPS) is 15.7. The number of carbonyl (C=O) groups excluding carboxylic acids is 1. The molecule has 0 radical (unpaired) electrons. The first-order valence-electron chi connectivity index (χ1n) is 11.3. The highest BCUT2D eigenvalue weighted by atomic mass is 79.9. The summed E-state index contributed by atoms with van der Waals surface area (Å²) >= 11 is 3.37. The molecule has 32 heavy (non-hydrogen) atoms. The van der Waals surface area contributed by atoms with Crippen molar-refractivity contribution in [2.75, 3.05) is 29.9 Å². The Morgan fingerprint density at radius 3 is 2.50 bits per heavy atom. The molecule has 1 aliphatic rings. The number of hydrogen-bond acceptors (Lipinski definition) is 6. The molecule has 1 aliphatic heterocycles. The van der Waals surface area contributed by atoms with E-state index >= 15 is 0 Å². The summed E-state index contributed by atoms with van der Waals surface area (Å²) in [5.41, 5.74) is 4.91. The molecule has 2 aromatic rings. The third kappa shape index (κ3) is 6.21. The Morgan fingerprint density at radius 2 is 1.91 bits per heavy atom. The Morgan fingerprint density at radius 1 is 1.19 bits per heavy atom. The number of pyridine rings is 2. The molecule has 0 spiro atoms. The van der Waals surface area contributed by atoms with Crippen molar-refractivity contribution in [2.45, 2.75) is 60.0 Å². The molecule has 1 saturated heterocycles. The largest absolute Gasteiger partial charge is 0.491 e. The molecule has 0 unspecified atom stereocenters. The van der Waals surface area contributed by atoms with Gasteiger partial charge >= 0.3 is 5.97 Å². The van der Waals surface area contributed by atoms with Gasteiger partial charge in [-0.15, -0.1) is 0 Å². The molecule has 3 heterocycles. The summed E-state index contributed by atoms with van der Waals surface area (Å²) in [5.74, 6) is 0.502. The van der Waals surface area contributed by atoms with Gasteiger partial charge in [-0.2, -0.15) is 0 Å². The zero-order valence-electron chi connectivity index (χ0n) is 19.8. The highest BCUT2D eigenvalue weighted by molar-refractivity contribution is 9.09. The van der Waals surface area contributed by atoms with E-state index < -0.39 is 0 Å². The molecule has 0 saturated carbocycles. The first-order chi connectivity index (χ1) is 15.2. The molecule has 2 aromatic heterocycles. The van der Waals surface area contributed by atoms with E-state index in [1.165, 1.54) is 0 Å². The van der Waals surface area contributed by atoms with Gasteiger partial charge in [0.25, 0.3) is 0 Å². The van der Waals surface area contributed by atoms with E-state index in [2.05, 4.69) is 44.6 Å². The van der Waals surface area contributed by atoms with Crippen LogP contribution in [0.5, 0.6) is 5.75 Å². The summed E-state index contributed by atoms with van der Waals surface area (Å²) in [5, 5.41) is 0.766. The number of carbonyl (C=O) groups is 1. The summed E-state index contributed by atoms with van der Waals surface area (Å²) in [4.78, 5) is 24.3. The molecule has 0 aromatic carbocycles. The van der Waals surface area contributed by atoms with E-state index in [0.29, 0.717) is 12.0 Å². The maximum Gasteiger partial charge on any atom is 0.310 e. The average molecular weight is 504 g/mol. The number of piperidine rings is 1. The summed E-state index contributed by atoms with van der Waals surface area (Å²) < 4.78 is 11.1. The lowest BCUT2D eigenvalue weighted by atomic mass is 9.82. The molecular formula is C25H34BrN3O3. The van der Waals surface area contributed by atoms with E-state index in [-0.39, 0.29) is 18.5 Å². The zero-order valence-corrected chi connectivity index (χ0v) is 21.4. The van der Waals surface area contributed by atoms with Crippen LogP contribution >= 0.6 is 15.9 Å². The molecule has 0 N–H and O–H groups in total. The SMILES string of the molecule is Cc1ncc(-c2ccc(OCCBr)cn2)c(N2CCC(C)(C)CC2)c1CC(=O)OC(C)C. The van der Waals surface area contributed by atoms with Crippen LogP contribution in [0, 0.1) is 12.3 Å². The van der Waals surface area contributed by atoms with Gasteiger partial charge in [0.15, 0.2) is 0 Å². The number of anilines is 1. The van der Waals surface area contributed by atoms with Crippen molar-refractivity contribution in [3.8, 4) is 17.0 Å². The number of ether oxygens (including phenoxy) is 2. The monoisotopic (exact) mass is 503 g/mol. The number of alkyl halides is 1. The molecule has 0 amide bonds. The fourth-order valence-electron chi connectivity index (χ4n) is 3.96. The van der Waals surface area contributed by atoms with E-state index in [0.717, 1.165) is 65.2 Å². The Hall–Kier alpha value is -2.15. The number of nitrogens with zero attached hydrogens (tertiary/aromatic N) is 3. The number of esters is 1. The molecule has 174 valence electrons. The fourth-order valence-corrected chi connectivity index (χ4v) is 4.12. The van der Waals surface area contributed by atoms with Gasteiger partial charge in [-0.25, -0.2) is 0 Å². The number of hydrogen-bond donors (Lipinski definition) is 0. The summed E-state index contributed by atoms with van der Waals surface area (Å²) in [7, 11) is 0. The third-order valence-corrected chi connectivity index (χ3v) is 6.17. The molecule has 6 nitrogen and oxygen atoms in total. The molecule has 0 aliphatic carbocycles. The highest BCUT2D eigenvalue weighted by Crippen LogP contribution is 2.39. The molecule has 1 fully saturated rings. The van der Waals surface area contributed by atoms with E-state index in [4.69, 9.17) is 9.47 Å². The second-order valence-electron chi connectivity index (χ2n) is 9.37. The van der Waals surface area contributed by atoms with Crippen molar-refractivity contribution in [2.24, 2.45) is 5.41 Å². The van der Waals surface area contributed by atoms with Crippen LogP contribution in [-0.4, -0.2) is 47.1 Å². The lowest BCUT2D eigenvalue weighted by Gasteiger charge is -2.40. The standard InChI is InChI=1S/C25H34BrN3O3/c1-17(2)32-23(30)14-20-18(3)27-16-21(22-7-6-19(15-28-22)31-13-10-26)24(20)29-11-8-25(4,5)9-12-29/h6-7,15-17H,8-14H2,1-5H3. The van der Waals surface area contributed by atoms with Crippen molar-refractivity contribution in [1.29, 1.82) is 0 Å². The number of aryl methyl sites for hydroxylation is 1. The average Bonchev–Trinajstić information content (AvgIpc) is 2.74. The van der Waals surface area contributed by atoms with Crippen molar-refractivity contribution in [3.63, 3.8) is 0 Å². The van der Waals surface area contributed by atoms with Gasteiger partial charge in [-0.05, 0) is 51.2 Å². The Bertz CT molecular complexity index is 919. The minimum Gasteiger partial charge on any atom is -0.491 e. The maximum atomic E-state index is 12.6. The van der Waals surface area contributed by atoms with Crippen molar-refractivity contribution in [3.05, 3.63) is 35.8 Å². The van der Waals surface area contributed by atoms with Crippen LogP contribution in [-0.2, 0) is 16.0 Å². The van der Waals surface area contributed by atoms with E-state index in [1.54, 1.807) is 6.20 Å². The Balaban J connectivity index is 2.02. The summed E-state index contributed by atoms with van der Waals surface area (Å²) in [6.45, 7) is 12.8. The van der Waals surface area contributed by atoms with Crippen LogP contribution in [0.4, 0.5) is 5.69 Å². The van der Waals surface area contributed by atoms with Crippen LogP contribution in [0.25, 0.3) is 11.3 Å². The van der Waals surface area contributed by atoms with Gasteiger partial charge in [0.2, 0.25) is 0 Å². The molecule has 0 atom stereocenters. The first kappa shape index (κ1) is 24.5. The van der Waals surface area contributed by atoms with Crippen LogP contribution in [0.15, 0.2) is 24.5 Å². The predicted molar refractivity (Wildman–Crippen MR) is 132 cm³/mol. The van der Waals surface area contributed by atoms with Gasteiger partial charge < -0.3 is 14.4 Å². The lowest BCUT2D eigenvalue weighted by molar-refractivity contribution is -0.146. The Labute approximate surface area is 199 Å². The van der Waals surface area contributed by atoms with Gasteiger partial charge in [0.05, 0.1) is 36.7 Å². The first-order valence-corrected chi connectivity index (χ1v) is 12.4. The van der Waals surface area contributed by atoms with Gasteiger partial charge in [0.1, 0.15) is 5.75 Å². The number of halogens is 1. The number of rotatable bonds is 8. The second-order valence-corrected chi connectivity index (χ2v) is 10.2. The summed E-state index contributed by atoms with van der Waals surface area (Å²) in [6.07, 6.45) is 5.86. The zero-order chi connectivity index (χ0) is 23.3. The molecular weight excluding hydrogens is 470 g/mol. The van der Waals surface area contributed by atoms with Gasteiger partial charge in [-0.3, -0.25) is 14.8 Å². The summed E-state index contributed by atoms with van der Waals surface area (Å²) in [6, 6.07) is 3.89. The minimum absolute atomic E-state index is 0.146. The van der Waals surface area contributed by atoms with Crippen LogP contribution < -0.4 is 9.64 Å². The van der Waals surface area contributed by atoms with Crippen molar-refractivity contribution < 1.29 is 14.3 Å². The quantitative estimate of drug-likeness (QED) is 0.357. The smallest absolute Gasteiger partial charge is 0.310 e. The third-order valence-electron chi connectivity index (χ3n) is 5.84. The topological polar surface area (TPSA) is 64.6 Å². The van der Waals surface area contributed by atoms with Gasteiger partial charge in [0, 0.05) is 41.4 Å². The van der Waals surface area contributed by atoms with Crippen molar-refractivity contribution >= 4 is 27.6 Å². The lowest BCUT2D eigenvalue weighted by Crippen LogP contribution is -2.38. The molecule has 7 heteroatoms. The Kier molecular flexibility index (Phi) is 8.15. The van der Waals surface area contributed by atoms with Crippen LogP contribution in [0.2, 0.25) is 0 Å². The van der Waals surface area contributed by atoms with Gasteiger partial charge in [-0.1, -0.05) is 29.8 Å². The predicted octanol–water partition coefficient (Wildman–Crippen LogP) is 5.35. The minimum atomic E-state index is -0.230. The van der Waals surface area contributed by atoms with E-state index in [1.807, 2.05) is 39.1 Å². The molecule has 0 bridgehead atoms.